The highest BCUT2D eigenvalue weighted by Gasteiger charge is 2.28. The van der Waals surface area contributed by atoms with Crippen molar-refractivity contribution in [2.45, 2.75) is 32.8 Å². The summed E-state index contributed by atoms with van der Waals surface area (Å²) in [6, 6.07) is 0. The molecule has 0 fully saturated rings. The summed E-state index contributed by atoms with van der Waals surface area (Å²) < 4.78 is 0. The van der Waals surface area contributed by atoms with Gasteiger partial charge in [-0.15, -0.1) is 5.92 Å². The molecule has 0 saturated carbocycles. The highest BCUT2D eigenvalue weighted by Crippen LogP contribution is 2.26. The van der Waals surface area contributed by atoms with Crippen LogP contribution in [0, 0.1) is 11.8 Å². The molecule has 1 rings (SSSR count). The zero-order valence-electron chi connectivity index (χ0n) is 7.68. The first-order chi connectivity index (χ1) is 5.64. The molecule has 66 valence electrons. The van der Waals surface area contributed by atoms with Crippen molar-refractivity contribution in [1.29, 1.82) is 0 Å². The van der Waals surface area contributed by atoms with E-state index in [4.69, 9.17) is 4.84 Å². The molecule has 0 bridgehead atoms. The Morgan fingerprint density at radius 3 is 2.92 bits per heavy atom. The highest BCUT2D eigenvalue weighted by molar-refractivity contribution is 8.14. The molecule has 0 saturated heterocycles. The largest absolute Gasteiger partial charge is 0.389 e. The molecule has 1 aliphatic rings. The number of hydrogen-bond acceptors (Lipinski definition) is 3. The third-order valence-corrected chi connectivity index (χ3v) is 2.30. The minimum absolute atomic E-state index is 0.109. The van der Waals surface area contributed by atoms with E-state index in [1.54, 1.807) is 11.8 Å². The molecule has 1 aliphatic heterocycles. The lowest BCUT2D eigenvalue weighted by Crippen LogP contribution is -2.18. The summed E-state index contributed by atoms with van der Waals surface area (Å²) in [5.41, 5.74) is -0.109. The summed E-state index contributed by atoms with van der Waals surface area (Å²) in [5.74, 6) is 6.64. The molecule has 0 aliphatic carbocycles. The normalized spacial score (nSPS) is 19.1. The summed E-state index contributed by atoms with van der Waals surface area (Å²) >= 11 is 1.66. The van der Waals surface area contributed by atoms with Gasteiger partial charge < -0.3 is 4.84 Å². The molecule has 0 aromatic rings. The summed E-state index contributed by atoms with van der Waals surface area (Å²) in [6.07, 6.45) is 0.906. The second-order valence-electron chi connectivity index (χ2n) is 3.23. The van der Waals surface area contributed by atoms with Crippen molar-refractivity contribution >= 4 is 16.8 Å². The zero-order chi connectivity index (χ0) is 9.03. The maximum atomic E-state index is 5.20. The van der Waals surface area contributed by atoms with Crippen molar-refractivity contribution in [3.05, 3.63) is 0 Å². The van der Waals surface area contributed by atoms with E-state index in [0.29, 0.717) is 0 Å². The van der Waals surface area contributed by atoms with Crippen LogP contribution in [0.2, 0.25) is 0 Å². The number of nitrogens with zero attached hydrogens (tertiary/aromatic N) is 1. The Labute approximate surface area is 77.7 Å². The van der Waals surface area contributed by atoms with Crippen molar-refractivity contribution in [1.82, 2.24) is 0 Å². The van der Waals surface area contributed by atoms with E-state index < -0.39 is 0 Å². The topological polar surface area (TPSA) is 21.6 Å². The van der Waals surface area contributed by atoms with Gasteiger partial charge in [-0.1, -0.05) is 22.8 Å². The minimum atomic E-state index is -0.109. The van der Waals surface area contributed by atoms with Gasteiger partial charge in [0.05, 0.1) is 5.75 Å². The molecule has 0 spiro atoms. The van der Waals surface area contributed by atoms with E-state index in [1.807, 2.05) is 20.8 Å². The first-order valence-corrected chi connectivity index (χ1v) is 4.90. The molecule has 0 atom stereocenters. The van der Waals surface area contributed by atoms with E-state index in [1.165, 1.54) is 0 Å². The molecule has 1 heterocycles. The van der Waals surface area contributed by atoms with Crippen LogP contribution in [0.15, 0.2) is 5.16 Å². The number of hydrogen-bond donors (Lipinski definition) is 0. The van der Waals surface area contributed by atoms with Crippen molar-refractivity contribution in [2.24, 2.45) is 5.16 Å². The number of thioether (sulfide) groups is 1. The van der Waals surface area contributed by atoms with Gasteiger partial charge in [-0.2, -0.15) is 0 Å². The third-order valence-electron chi connectivity index (χ3n) is 1.46. The SMILES string of the molecule is CC#CCSC1=NOC(C)(C)C1. The lowest BCUT2D eigenvalue weighted by atomic mass is 10.1. The maximum Gasteiger partial charge on any atom is 0.138 e. The van der Waals surface area contributed by atoms with Crippen LogP contribution >= 0.6 is 11.8 Å². The van der Waals surface area contributed by atoms with E-state index in [9.17, 15) is 0 Å². The second-order valence-corrected chi connectivity index (χ2v) is 4.28. The van der Waals surface area contributed by atoms with Gasteiger partial charge in [0.15, 0.2) is 0 Å². The fourth-order valence-corrected chi connectivity index (χ4v) is 1.79. The third kappa shape index (κ3) is 2.78. The molecule has 0 aromatic carbocycles. The molecule has 0 N–H and O–H groups in total. The first kappa shape index (κ1) is 9.47. The van der Waals surface area contributed by atoms with E-state index in [2.05, 4.69) is 17.0 Å². The van der Waals surface area contributed by atoms with Gasteiger partial charge in [0.25, 0.3) is 0 Å². The molecule has 0 unspecified atom stereocenters. The molecule has 2 nitrogen and oxygen atoms in total. The molecule has 0 amide bonds. The van der Waals surface area contributed by atoms with Crippen LogP contribution in [-0.2, 0) is 4.84 Å². The quantitative estimate of drug-likeness (QED) is 0.581. The van der Waals surface area contributed by atoms with Crippen LogP contribution in [0.25, 0.3) is 0 Å². The summed E-state index contributed by atoms with van der Waals surface area (Å²) in [7, 11) is 0. The highest BCUT2D eigenvalue weighted by atomic mass is 32.2. The number of rotatable bonds is 1. The first-order valence-electron chi connectivity index (χ1n) is 3.91. The smallest absolute Gasteiger partial charge is 0.138 e. The summed E-state index contributed by atoms with van der Waals surface area (Å²) in [5, 5.41) is 5.03. The fourth-order valence-electron chi connectivity index (χ4n) is 0.872. The van der Waals surface area contributed by atoms with Gasteiger partial charge >= 0.3 is 0 Å². The predicted octanol–water partition coefficient (Wildman–Crippen LogP) is 2.26. The van der Waals surface area contributed by atoms with Gasteiger partial charge in [-0.25, -0.2) is 0 Å². The lowest BCUT2D eigenvalue weighted by Gasteiger charge is -2.12. The van der Waals surface area contributed by atoms with Crippen LogP contribution in [-0.4, -0.2) is 16.4 Å². The fraction of sp³-hybridized carbons (Fsp3) is 0.667. The van der Waals surface area contributed by atoms with Crippen molar-refractivity contribution < 1.29 is 4.84 Å². The van der Waals surface area contributed by atoms with Crippen molar-refractivity contribution in [2.75, 3.05) is 5.75 Å². The van der Waals surface area contributed by atoms with Crippen molar-refractivity contribution in [3.8, 4) is 11.8 Å². The molecule has 3 heteroatoms. The molecular weight excluding hydrogens is 170 g/mol. The standard InChI is InChI=1S/C9H13NOS/c1-4-5-6-12-8-7-9(2,3)11-10-8/h6-7H2,1-3H3. The number of oxime groups is 1. The Morgan fingerprint density at radius 1 is 1.67 bits per heavy atom. The van der Waals surface area contributed by atoms with Gasteiger partial charge in [-0.3, -0.25) is 0 Å². The van der Waals surface area contributed by atoms with Gasteiger partial charge in [0, 0.05) is 6.42 Å². The van der Waals surface area contributed by atoms with Gasteiger partial charge in [0.1, 0.15) is 10.6 Å². The predicted molar refractivity (Wildman–Crippen MR) is 53.1 cm³/mol. The monoisotopic (exact) mass is 183 g/mol. The van der Waals surface area contributed by atoms with Gasteiger partial charge in [-0.05, 0) is 20.8 Å². The molecule has 12 heavy (non-hydrogen) atoms. The average molecular weight is 183 g/mol. The Bertz CT molecular complexity index is 247. The second kappa shape index (κ2) is 3.86. The van der Waals surface area contributed by atoms with Crippen LogP contribution in [0.5, 0.6) is 0 Å². The Hall–Kier alpha value is -0.620. The Morgan fingerprint density at radius 2 is 2.42 bits per heavy atom. The lowest BCUT2D eigenvalue weighted by molar-refractivity contribution is 0.0123. The van der Waals surface area contributed by atoms with Crippen LogP contribution in [0.3, 0.4) is 0 Å². The van der Waals surface area contributed by atoms with Crippen LogP contribution in [0.4, 0.5) is 0 Å². The maximum absolute atomic E-state index is 5.20. The van der Waals surface area contributed by atoms with E-state index >= 15 is 0 Å². The zero-order valence-corrected chi connectivity index (χ0v) is 8.49. The van der Waals surface area contributed by atoms with Crippen LogP contribution < -0.4 is 0 Å². The van der Waals surface area contributed by atoms with E-state index in [0.717, 1.165) is 17.2 Å². The van der Waals surface area contributed by atoms with E-state index in [-0.39, 0.29) is 5.60 Å². The average Bonchev–Trinajstić information content (AvgIpc) is 2.31. The van der Waals surface area contributed by atoms with Crippen molar-refractivity contribution in [3.63, 3.8) is 0 Å². The molecule has 0 aromatic heterocycles. The Kier molecular flexibility index (Phi) is 3.05. The van der Waals surface area contributed by atoms with Crippen LogP contribution in [0.1, 0.15) is 27.2 Å². The minimum Gasteiger partial charge on any atom is -0.389 e. The Balaban J connectivity index is 2.31. The molecular formula is C9H13NOS. The summed E-state index contributed by atoms with van der Waals surface area (Å²) in [6.45, 7) is 5.92. The summed E-state index contributed by atoms with van der Waals surface area (Å²) in [4.78, 5) is 5.20. The molecule has 0 radical (unpaired) electrons. The van der Waals surface area contributed by atoms with Gasteiger partial charge in [0.2, 0.25) is 0 Å².